The van der Waals surface area contributed by atoms with Crippen molar-refractivity contribution < 1.29 is 33.4 Å². The summed E-state index contributed by atoms with van der Waals surface area (Å²) in [5, 5.41) is 0. The van der Waals surface area contributed by atoms with Crippen molar-refractivity contribution in [3.8, 4) is 0 Å². The average molecular weight is 385 g/mol. The van der Waals surface area contributed by atoms with E-state index >= 15 is 0 Å². The molecule has 0 saturated carbocycles. The van der Waals surface area contributed by atoms with Crippen LogP contribution in [0, 0.1) is 18.8 Å². The number of rotatable bonds is 4. The van der Waals surface area contributed by atoms with Gasteiger partial charge in [-0.3, -0.25) is 19.2 Å². The van der Waals surface area contributed by atoms with Crippen LogP contribution in [0.25, 0.3) is 0 Å². The molecule has 1 aromatic rings. The highest BCUT2D eigenvalue weighted by molar-refractivity contribution is 6.23. The van der Waals surface area contributed by atoms with Crippen LogP contribution < -0.4 is 4.90 Å². The molecule has 0 radical (unpaired) electrons. The van der Waals surface area contributed by atoms with E-state index in [0.29, 0.717) is 5.69 Å². The van der Waals surface area contributed by atoms with Crippen LogP contribution in [-0.4, -0.2) is 41.7 Å². The first kappa shape index (κ1) is 18.4. The maximum atomic E-state index is 13.3. The third-order valence-electron chi connectivity index (χ3n) is 5.28. The first-order chi connectivity index (χ1) is 13.2. The molecule has 0 spiro atoms. The van der Waals surface area contributed by atoms with Crippen LogP contribution >= 0.6 is 0 Å². The molecule has 2 saturated heterocycles. The summed E-state index contributed by atoms with van der Waals surface area (Å²) in [4.78, 5) is 50.6. The topological polar surface area (TPSA) is 99.2 Å². The lowest BCUT2D eigenvalue weighted by Crippen LogP contribution is -2.52. The van der Waals surface area contributed by atoms with Crippen molar-refractivity contribution in [3.05, 3.63) is 42.0 Å². The number of carbonyl (C=O) groups is 4. The van der Waals surface area contributed by atoms with Crippen LogP contribution in [0.5, 0.6) is 0 Å². The molecule has 0 unspecified atom stereocenters. The van der Waals surface area contributed by atoms with Crippen LogP contribution in [0.3, 0.4) is 0 Å². The van der Waals surface area contributed by atoms with Gasteiger partial charge < -0.3 is 14.2 Å². The van der Waals surface area contributed by atoms with Crippen molar-refractivity contribution in [2.75, 3.05) is 4.90 Å². The van der Waals surface area contributed by atoms with Crippen molar-refractivity contribution in [1.29, 1.82) is 0 Å². The molecule has 0 N–H and O–H groups in total. The lowest BCUT2D eigenvalue weighted by atomic mass is 9.76. The summed E-state index contributed by atoms with van der Waals surface area (Å²) in [5.41, 5.74) is -0.0748. The van der Waals surface area contributed by atoms with Crippen LogP contribution in [0.2, 0.25) is 0 Å². The maximum absolute atomic E-state index is 13.3. The third kappa shape index (κ3) is 2.56. The van der Waals surface area contributed by atoms with Gasteiger partial charge in [0.25, 0.3) is 6.29 Å². The second kappa shape index (κ2) is 6.27. The fraction of sp³-hybridized carbons (Fsp3) is 0.400. The van der Waals surface area contributed by atoms with E-state index in [0.717, 1.165) is 24.3 Å². The van der Waals surface area contributed by atoms with Gasteiger partial charge >= 0.3 is 11.9 Å². The predicted octanol–water partition coefficient (Wildman–Crippen LogP) is 1.26. The Morgan fingerprint density at radius 2 is 1.68 bits per heavy atom. The second-order valence-corrected chi connectivity index (χ2v) is 7.20. The Morgan fingerprint density at radius 1 is 1.07 bits per heavy atom. The standard InChI is InChI=1S/C20H19NO7/c1-10-4-6-13(7-5-10)21-17(24)15-14-8-9-20(28-14,16(15)18(21)25)19(26-11(2)22)27-12(3)23/h4-9,14-16,19H,1-3H3/t14-,15+,16+,20+/m1/s1. The number of esters is 2. The van der Waals surface area contributed by atoms with E-state index in [1.54, 1.807) is 24.3 Å². The number of anilines is 1. The van der Waals surface area contributed by atoms with Gasteiger partial charge in [0.15, 0.2) is 5.60 Å². The summed E-state index contributed by atoms with van der Waals surface area (Å²) < 4.78 is 16.2. The summed E-state index contributed by atoms with van der Waals surface area (Å²) in [6, 6.07) is 7.02. The summed E-state index contributed by atoms with van der Waals surface area (Å²) in [6.45, 7) is 4.23. The first-order valence-electron chi connectivity index (χ1n) is 8.90. The summed E-state index contributed by atoms with van der Waals surface area (Å²) >= 11 is 0. The molecule has 3 aliphatic rings. The molecule has 2 bridgehead atoms. The molecule has 3 aliphatic heterocycles. The molecular formula is C20H19NO7. The van der Waals surface area contributed by atoms with Crippen molar-refractivity contribution in [3.63, 3.8) is 0 Å². The maximum Gasteiger partial charge on any atom is 0.305 e. The molecule has 146 valence electrons. The number of imide groups is 1. The molecule has 0 aromatic heterocycles. The van der Waals surface area contributed by atoms with Gasteiger partial charge in [-0.15, -0.1) is 0 Å². The number of hydrogen-bond donors (Lipinski definition) is 0. The van der Waals surface area contributed by atoms with Gasteiger partial charge in [0.2, 0.25) is 11.8 Å². The SMILES string of the molecule is CC(=O)OC(OC(C)=O)[C@@]12C=C[C@@H](O1)[C@@H]1C(=O)N(c3ccc(C)cc3)C(=O)[C@H]12. The van der Waals surface area contributed by atoms with Crippen LogP contribution in [-0.2, 0) is 33.4 Å². The van der Waals surface area contributed by atoms with Crippen LogP contribution in [0.1, 0.15) is 19.4 Å². The van der Waals surface area contributed by atoms with Gasteiger partial charge in [-0.1, -0.05) is 23.8 Å². The van der Waals surface area contributed by atoms with Crippen molar-refractivity contribution in [1.82, 2.24) is 0 Å². The number of amides is 2. The zero-order chi connectivity index (χ0) is 20.2. The van der Waals surface area contributed by atoms with Crippen molar-refractivity contribution in [2.24, 2.45) is 11.8 Å². The van der Waals surface area contributed by atoms with E-state index < -0.39 is 47.7 Å². The number of ether oxygens (including phenoxy) is 3. The minimum atomic E-state index is -1.53. The Labute approximate surface area is 161 Å². The zero-order valence-corrected chi connectivity index (χ0v) is 15.6. The van der Waals surface area contributed by atoms with Gasteiger partial charge in [-0.25, -0.2) is 4.90 Å². The molecule has 2 fully saturated rings. The number of aryl methyl sites for hydroxylation is 1. The van der Waals surface area contributed by atoms with Crippen LogP contribution in [0.4, 0.5) is 5.69 Å². The predicted molar refractivity (Wildman–Crippen MR) is 94.7 cm³/mol. The Balaban J connectivity index is 1.74. The number of nitrogens with zero attached hydrogens (tertiary/aromatic N) is 1. The fourth-order valence-electron chi connectivity index (χ4n) is 4.17. The van der Waals surface area contributed by atoms with Crippen molar-refractivity contribution >= 4 is 29.4 Å². The third-order valence-corrected chi connectivity index (χ3v) is 5.28. The lowest BCUT2D eigenvalue weighted by Gasteiger charge is -2.34. The summed E-state index contributed by atoms with van der Waals surface area (Å²) in [5.74, 6) is -3.99. The highest BCUT2D eigenvalue weighted by Crippen LogP contribution is 2.54. The molecule has 28 heavy (non-hydrogen) atoms. The number of hydrogen-bond acceptors (Lipinski definition) is 7. The normalized spacial score (nSPS) is 30.1. The molecule has 3 heterocycles. The monoisotopic (exact) mass is 385 g/mol. The molecule has 0 aliphatic carbocycles. The highest BCUT2D eigenvalue weighted by atomic mass is 16.7. The quantitative estimate of drug-likeness (QED) is 0.333. The second-order valence-electron chi connectivity index (χ2n) is 7.20. The minimum Gasteiger partial charge on any atom is -0.422 e. The molecule has 8 heteroatoms. The smallest absolute Gasteiger partial charge is 0.305 e. The van der Waals surface area contributed by atoms with Gasteiger partial charge in [0, 0.05) is 13.8 Å². The molecule has 4 atom stereocenters. The van der Waals surface area contributed by atoms with Gasteiger partial charge in [0.05, 0.1) is 23.6 Å². The number of carbonyl (C=O) groups excluding carboxylic acids is 4. The van der Waals surface area contributed by atoms with E-state index in [-0.39, 0.29) is 5.91 Å². The van der Waals surface area contributed by atoms with Crippen LogP contribution in [0.15, 0.2) is 36.4 Å². The summed E-state index contributed by atoms with van der Waals surface area (Å²) in [6.07, 6.45) is 1.07. The molecule has 4 rings (SSSR count). The fourth-order valence-corrected chi connectivity index (χ4v) is 4.17. The Morgan fingerprint density at radius 3 is 2.25 bits per heavy atom. The lowest BCUT2D eigenvalue weighted by molar-refractivity contribution is -0.226. The Kier molecular flexibility index (Phi) is 4.11. The molecule has 1 aromatic carbocycles. The van der Waals surface area contributed by atoms with E-state index in [2.05, 4.69) is 0 Å². The zero-order valence-electron chi connectivity index (χ0n) is 15.6. The Hall–Kier alpha value is -3.00. The van der Waals surface area contributed by atoms with Gasteiger partial charge in [0.1, 0.15) is 0 Å². The number of benzene rings is 1. The minimum absolute atomic E-state index is 0.389. The van der Waals surface area contributed by atoms with E-state index in [9.17, 15) is 19.2 Å². The van der Waals surface area contributed by atoms with Gasteiger partial charge in [-0.05, 0) is 25.1 Å². The molecule has 8 nitrogen and oxygen atoms in total. The first-order valence-corrected chi connectivity index (χ1v) is 8.90. The molecular weight excluding hydrogens is 366 g/mol. The Bertz CT molecular complexity index is 890. The van der Waals surface area contributed by atoms with E-state index in [4.69, 9.17) is 14.2 Å². The summed E-state index contributed by atoms with van der Waals surface area (Å²) in [7, 11) is 0. The molecule has 2 amide bonds. The highest BCUT2D eigenvalue weighted by Gasteiger charge is 2.72. The largest absolute Gasteiger partial charge is 0.422 e. The van der Waals surface area contributed by atoms with E-state index in [1.165, 1.54) is 0 Å². The number of fused-ring (bicyclic) bond motifs is 5. The van der Waals surface area contributed by atoms with Crippen molar-refractivity contribution in [2.45, 2.75) is 38.8 Å². The average Bonchev–Trinajstić information content (AvgIpc) is 3.26. The van der Waals surface area contributed by atoms with Gasteiger partial charge in [-0.2, -0.15) is 0 Å². The van der Waals surface area contributed by atoms with E-state index in [1.807, 2.05) is 19.1 Å².